The van der Waals surface area contributed by atoms with Crippen LogP contribution in [-0.2, 0) is 5.41 Å². The van der Waals surface area contributed by atoms with Gasteiger partial charge in [0.05, 0.1) is 0 Å². The van der Waals surface area contributed by atoms with E-state index in [2.05, 4.69) is 222 Å². The van der Waals surface area contributed by atoms with E-state index in [0.29, 0.717) is 0 Å². The molecule has 74 heavy (non-hydrogen) atoms. The lowest BCUT2D eigenvalue weighted by Gasteiger charge is -2.24. The molecule has 0 saturated carbocycles. The molecule has 3 nitrogen and oxygen atoms in total. The molecule has 3 aliphatic rings. The van der Waals surface area contributed by atoms with Crippen LogP contribution in [0.25, 0.3) is 143 Å². The first kappa shape index (κ1) is 41.3. The number of benzene rings is 11. The summed E-state index contributed by atoms with van der Waals surface area (Å²) in [6, 6.07) is 68.1. The van der Waals surface area contributed by atoms with Gasteiger partial charge in [0, 0.05) is 48.9 Å². The third-order valence-corrected chi connectivity index (χ3v) is 25.2. The molecule has 0 atom stereocenters. The number of para-hydroxylation sites is 3. The lowest BCUT2D eigenvalue weighted by molar-refractivity contribution is 0.661. The Morgan fingerprint density at radius 1 is 0.297 bits per heavy atom. The SMILES string of the molecule is CC1(C)c2ccccc2-c2c1cc(-c1cc3c(c4oc5ccccc5c14)-c1cc4c(cc1[Si]3(C)C)-c1c(cc(-c3cc5oc6ccccc6c5c5ccccc35)c3c1oc1ccccc13)[Si]4(C)C)c1ccccc21. The molecule has 0 saturated heterocycles. The summed E-state index contributed by atoms with van der Waals surface area (Å²) in [7, 11) is -4.82. The lowest BCUT2D eigenvalue weighted by Crippen LogP contribution is -2.51. The van der Waals surface area contributed by atoms with Crippen LogP contribution < -0.4 is 20.7 Å². The molecule has 0 radical (unpaired) electrons. The second-order valence-corrected chi connectivity index (χ2v) is 31.7. The molecule has 5 heteroatoms. The van der Waals surface area contributed by atoms with Crippen molar-refractivity contribution in [3.63, 3.8) is 0 Å². The van der Waals surface area contributed by atoms with E-state index in [-0.39, 0.29) is 5.41 Å². The largest absolute Gasteiger partial charge is 0.456 e. The van der Waals surface area contributed by atoms with E-state index >= 15 is 0 Å². The fourth-order valence-corrected chi connectivity index (χ4v) is 20.8. The van der Waals surface area contributed by atoms with Crippen molar-refractivity contribution in [2.45, 2.75) is 45.5 Å². The summed E-state index contributed by atoms with van der Waals surface area (Å²) >= 11 is 0. The van der Waals surface area contributed by atoms with Crippen molar-refractivity contribution in [3.8, 4) is 55.6 Å². The highest BCUT2D eigenvalue weighted by atomic mass is 28.3. The summed E-state index contributed by atoms with van der Waals surface area (Å²) in [5, 5.41) is 17.8. The Hall–Kier alpha value is -8.23. The highest BCUT2D eigenvalue weighted by Gasteiger charge is 2.47. The van der Waals surface area contributed by atoms with Crippen LogP contribution in [0.3, 0.4) is 0 Å². The zero-order valence-corrected chi connectivity index (χ0v) is 44.0. The van der Waals surface area contributed by atoms with Crippen molar-refractivity contribution in [1.82, 2.24) is 0 Å². The van der Waals surface area contributed by atoms with Crippen molar-refractivity contribution in [2.75, 3.05) is 0 Å². The van der Waals surface area contributed by atoms with E-state index < -0.39 is 16.1 Å². The van der Waals surface area contributed by atoms with Gasteiger partial charge in [0.15, 0.2) is 0 Å². The Labute approximate surface area is 429 Å². The summed E-state index contributed by atoms with van der Waals surface area (Å²) in [5.74, 6) is 0. The van der Waals surface area contributed by atoms with Gasteiger partial charge in [-0.15, -0.1) is 0 Å². The molecule has 0 fully saturated rings. The van der Waals surface area contributed by atoms with Crippen LogP contribution in [0.15, 0.2) is 195 Å². The van der Waals surface area contributed by atoms with Gasteiger partial charge in [-0.05, 0) is 128 Å². The lowest BCUT2D eigenvalue weighted by atomic mass is 9.80. The minimum Gasteiger partial charge on any atom is -0.456 e. The van der Waals surface area contributed by atoms with Gasteiger partial charge in [-0.2, -0.15) is 0 Å². The van der Waals surface area contributed by atoms with Crippen LogP contribution in [0.2, 0.25) is 26.2 Å². The molecule has 2 aliphatic heterocycles. The van der Waals surface area contributed by atoms with Crippen molar-refractivity contribution < 1.29 is 13.3 Å². The maximum atomic E-state index is 7.29. The van der Waals surface area contributed by atoms with Gasteiger partial charge in [-0.3, -0.25) is 0 Å². The van der Waals surface area contributed by atoms with Gasteiger partial charge in [0.2, 0.25) is 0 Å². The van der Waals surface area contributed by atoms with Crippen molar-refractivity contribution in [3.05, 3.63) is 193 Å². The molecule has 14 aromatic rings. The molecular weight excluding hydrogens is 933 g/mol. The summed E-state index contributed by atoms with van der Waals surface area (Å²) in [6.07, 6.45) is 0. The highest BCUT2D eigenvalue weighted by molar-refractivity contribution is 7.06. The minimum atomic E-state index is -2.41. The summed E-state index contributed by atoms with van der Waals surface area (Å²) in [5.41, 5.74) is 21.1. The molecule has 0 amide bonds. The van der Waals surface area contributed by atoms with Crippen LogP contribution in [-0.4, -0.2) is 16.1 Å². The number of furan rings is 3. The van der Waals surface area contributed by atoms with E-state index in [1.165, 1.54) is 125 Å². The second-order valence-electron chi connectivity index (χ2n) is 23.0. The Bertz CT molecular complexity index is 4940. The number of hydrogen-bond acceptors (Lipinski definition) is 3. The number of fused-ring (bicyclic) bond motifs is 24. The zero-order valence-electron chi connectivity index (χ0n) is 42.0. The molecule has 1 aliphatic carbocycles. The first-order valence-corrected chi connectivity index (χ1v) is 32.2. The Balaban J connectivity index is 0.929. The third kappa shape index (κ3) is 4.93. The zero-order chi connectivity index (χ0) is 49.3. The molecule has 11 aromatic carbocycles. The van der Waals surface area contributed by atoms with E-state index in [1.54, 1.807) is 0 Å². The number of hydrogen-bond donors (Lipinski definition) is 0. The Morgan fingerprint density at radius 3 is 1.28 bits per heavy atom. The summed E-state index contributed by atoms with van der Waals surface area (Å²) < 4.78 is 21.2. The predicted octanol–water partition coefficient (Wildman–Crippen LogP) is 16.9. The maximum absolute atomic E-state index is 7.29. The molecule has 0 spiro atoms. The van der Waals surface area contributed by atoms with Crippen LogP contribution in [0.5, 0.6) is 0 Å². The van der Waals surface area contributed by atoms with Crippen molar-refractivity contribution >= 4 is 124 Å². The average Bonchev–Trinajstić information content (AvgIpc) is 4.29. The predicted molar refractivity (Wildman–Crippen MR) is 316 cm³/mol. The number of rotatable bonds is 2. The average molecular weight is 981 g/mol. The molecule has 0 bridgehead atoms. The van der Waals surface area contributed by atoms with E-state index in [4.69, 9.17) is 13.3 Å². The van der Waals surface area contributed by atoms with E-state index in [0.717, 1.165) is 49.7 Å². The van der Waals surface area contributed by atoms with Gasteiger partial charge < -0.3 is 13.3 Å². The molecule has 5 heterocycles. The van der Waals surface area contributed by atoms with Crippen LogP contribution in [0, 0.1) is 0 Å². The first-order valence-electron chi connectivity index (χ1n) is 26.2. The molecule has 0 N–H and O–H groups in total. The highest BCUT2D eigenvalue weighted by Crippen LogP contribution is 2.55. The normalized spacial score (nSPS) is 15.5. The van der Waals surface area contributed by atoms with Gasteiger partial charge in [-0.25, -0.2) is 0 Å². The molecule has 0 unspecified atom stereocenters. The monoisotopic (exact) mass is 980 g/mol. The van der Waals surface area contributed by atoms with Crippen molar-refractivity contribution in [2.24, 2.45) is 0 Å². The van der Waals surface area contributed by atoms with Gasteiger partial charge in [0.1, 0.15) is 49.6 Å². The molecule has 17 rings (SSSR count). The van der Waals surface area contributed by atoms with Crippen LogP contribution in [0.4, 0.5) is 0 Å². The van der Waals surface area contributed by atoms with Crippen LogP contribution in [0.1, 0.15) is 25.0 Å². The summed E-state index contributed by atoms with van der Waals surface area (Å²) in [6.45, 7) is 15.1. The minimum absolute atomic E-state index is 0.154. The fraction of sp³-hybridized carbons (Fsp3) is 0.101. The second kappa shape index (κ2) is 13.7. The quantitative estimate of drug-likeness (QED) is 0.162. The van der Waals surface area contributed by atoms with Gasteiger partial charge in [0.25, 0.3) is 0 Å². The smallest absolute Gasteiger partial charge is 0.143 e. The van der Waals surface area contributed by atoms with E-state index in [1.807, 2.05) is 0 Å². The maximum Gasteiger partial charge on any atom is 0.143 e. The third-order valence-electron chi connectivity index (χ3n) is 18.2. The molecular formula is C69H48O3Si2. The standard InChI is InChI=1S/C69H48O3Si2/c1-69(2)51-27-15-11-23-41(51)61-39-21-9-7-19-37(39)45(31-52(61)69)47-33-59-65(67-63(47)43-25-13-17-29-54(43)71-67)49-35-58-50(36-57(49)73(59,3)4)66-60(74(58,5)6)34-48(64-44-26-14-18-30-55(44)72-68(64)66)46-32-56-62(40-22-10-8-20-38(40)46)42-24-12-16-28-53(42)70-56/h7-36H,1-6H3. The van der Waals surface area contributed by atoms with E-state index in [9.17, 15) is 0 Å². The van der Waals surface area contributed by atoms with Gasteiger partial charge in [-0.1, -0.05) is 192 Å². The molecule has 3 aromatic heterocycles. The molecule has 350 valence electrons. The van der Waals surface area contributed by atoms with Crippen LogP contribution >= 0.6 is 0 Å². The van der Waals surface area contributed by atoms with Gasteiger partial charge >= 0.3 is 0 Å². The summed E-state index contributed by atoms with van der Waals surface area (Å²) in [4.78, 5) is 0. The topological polar surface area (TPSA) is 39.4 Å². The van der Waals surface area contributed by atoms with Crippen molar-refractivity contribution in [1.29, 1.82) is 0 Å². The first-order chi connectivity index (χ1) is 36.0. The Morgan fingerprint density at radius 2 is 0.716 bits per heavy atom. The fourth-order valence-electron chi connectivity index (χ4n) is 14.7. The Kier molecular flexibility index (Phi) is 7.63.